The molecular formula is C16H20N4O2S. The van der Waals surface area contributed by atoms with Crippen LogP contribution in [0.5, 0.6) is 0 Å². The van der Waals surface area contributed by atoms with Gasteiger partial charge in [-0.2, -0.15) is 16.9 Å². The second kappa shape index (κ2) is 6.62. The maximum atomic E-state index is 12.8. The second-order valence-corrected chi connectivity index (χ2v) is 7.19. The smallest absolute Gasteiger partial charge is 0.332 e. The topological polar surface area (TPSA) is 60.1 Å². The monoisotopic (exact) mass is 332 g/mol. The van der Waals surface area contributed by atoms with E-state index in [-0.39, 0.29) is 24.2 Å². The van der Waals surface area contributed by atoms with E-state index in [4.69, 9.17) is 0 Å². The van der Waals surface area contributed by atoms with Crippen molar-refractivity contribution in [2.75, 3.05) is 12.3 Å². The van der Waals surface area contributed by atoms with Gasteiger partial charge in [-0.25, -0.2) is 9.48 Å². The average molecular weight is 332 g/mol. The van der Waals surface area contributed by atoms with Gasteiger partial charge < -0.3 is 4.90 Å². The molecule has 1 amide bonds. The highest BCUT2D eigenvalue weighted by molar-refractivity contribution is 8.00. The zero-order chi connectivity index (χ0) is 16.4. The summed E-state index contributed by atoms with van der Waals surface area (Å²) >= 11 is 1.87. The van der Waals surface area contributed by atoms with Crippen LogP contribution in [0.25, 0.3) is 0 Å². The van der Waals surface area contributed by atoms with Crippen LogP contribution in [0.15, 0.2) is 41.5 Å². The highest BCUT2D eigenvalue weighted by Crippen LogP contribution is 2.35. The summed E-state index contributed by atoms with van der Waals surface area (Å²) < 4.78 is 2.59. The Balaban J connectivity index is 1.85. The molecule has 122 valence electrons. The minimum Gasteiger partial charge on any atom is -0.332 e. The van der Waals surface area contributed by atoms with Crippen LogP contribution in [0.3, 0.4) is 0 Å². The number of amides is 1. The van der Waals surface area contributed by atoms with Gasteiger partial charge in [0.1, 0.15) is 12.9 Å². The second-order valence-electron chi connectivity index (χ2n) is 5.70. The lowest BCUT2D eigenvalue weighted by Gasteiger charge is -2.40. The van der Waals surface area contributed by atoms with Crippen molar-refractivity contribution in [1.29, 1.82) is 0 Å². The summed E-state index contributed by atoms with van der Waals surface area (Å²) in [6.07, 6.45) is 1.43. The minimum atomic E-state index is -0.269. The molecule has 2 atom stereocenters. The van der Waals surface area contributed by atoms with Crippen molar-refractivity contribution in [3.63, 3.8) is 0 Å². The molecule has 2 heterocycles. The van der Waals surface area contributed by atoms with Gasteiger partial charge in [-0.3, -0.25) is 9.36 Å². The van der Waals surface area contributed by atoms with Crippen LogP contribution in [0.1, 0.15) is 18.5 Å². The molecule has 6 nitrogen and oxygen atoms in total. The summed E-state index contributed by atoms with van der Waals surface area (Å²) in [4.78, 5) is 26.5. The Morgan fingerprint density at radius 1 is 1.35 bits per heavy atom. The van der Waals surface area contributed by atoms with E-state index in [1.54, 1.807) is 7.05 Å². The number of benzene rings is 1. The minimum absolute atomic E-state index is 0.0135. The molecule has 0 saturated carbocycles. The van der Waals surface area contributed by atoms with Crippen LogP contribution in [0, 0.1) is 0 Å². The maximum absolute atomic E-state index is 12.8. The number of nitrogens with zero attached hydrogens (tertiary/aromatic N) is 4. The van der Waals surface area contributed by atoms with Crippen molar-refractivity contribution in [2.24, 2.45) is 7.05 Å². The predicted octanol–water partition coefficient (Wildman–Crippen LogP) is 1.29. The van der Waals surface area contributed by atoms with Gasteiger partial charge in [0.15, 0.2) is 0 Å². The molecule has 1 aliphatic heterocycles. The number of carbonyl (C=O) groups excluding carboxylic acids is 1. The molecule has 0 spiro atoms. The van der Waals surface area contributed by atoms with Gasteiger partial charge >= 0.3 is 5.69 Å². The zero-order valence-electron chi connectivity index (χ0n) is 13.3. The normalized spacial score (nSPS) is 21.4. The van der Waals surface area contributed by atoms with Crippen molar-refractivity contribution in [3.8, 4) is 0 Å². The Bertz CT molecular complexity index is 740. The maximum Gasteiger partial charge on any atom is 0.345 e. The first kappa shape index (κ1) is 15.9. The molecule has 1 aromatic heterocycles. The molecule has 0 unspecified atom stereocenters. The highest BCUT2D eigenvalue weighted by atomic mass is 32.2. The molecule has 1 aromatic carbocycles. The summed E-state index contributed by atoms with van der Waals surface area (Å²) in [6, 6.07) is 10.1. The number of carbonyl (C=O) groups is 1. The molecule has 1 saturated heterocycles. The van der Waals surface area contributed by atoms with Gasteiger partial charge in [-0.15, -0.1) is 0 Å². The summed E-state index contributed by atoms with van der Waals surface area (Å²) in [7, 11) is 1.63. The molecule has 0 radical (unpaired) electrons. The first-order valence-corrected chi connectivity index (χ1v) is 8.67. The van der Waals surface area contributed by atoms with E-state index in [0.29, 0.717) is 11.8 Å². The zero-order valence-corrected chi connectivity index (χ0v) is 14.1. The third-order valence-corrected chi connectivity index (χ3v) is 5.33. The summed E-state index contributed by atoms with van der Waals surface area (Å²) in [5.74, 6) is 0.847. The van der Waals surface area contributed by atoms with Crippen molar-refractivity contribution < 1.29 is 4.79 Å². The number of rotatable bonds is 3. The lowest BCUT2D eigenvalue weighted by Crippen LogP contribution is -2.46. The van der Waals surface area contributed by atoms with E-state index in [2.05, 4.69) is 24.2 Å². The molecule has 0 bridgehead atoms. The van der Waals surface area contributed by atoms with Gasteiger partial charge in [0.25, 0.3) is 0 Å². The van der Waals surface area contributed by atoms with Gasteiger partial charge in [0.2, 0.25) is 5.91 Å². The Morgan fingerprint density at radius 2 is 2.09 bits per heavy atom. The molecular weight excluding hydrogens is 312 g/mol. The fraction of sp³-hybridized carbons (Fsp3) is 0.438. The van der Waals surface area contributed by atoms with Gasteiger partial charge in [0, 0.05) is 24.6 Å². The molecule has 0 aliphatic carbocycles. The summed E-state index contributed by atoms with van der Waals surface area (Å²) in [5.41, 5.74) is 0.864. The van der Waals surface area contributed by atoms with E-state index in [9.17, 15) is 9.59 Å². The Labute approximate surface area is 139 Å². The summed E-state index contributed by atoms with van der Waals surface area (Å²) in [6.45, 7) is 2.82. The number of aryl methyl sites for hydroxylation is 1. The SMILES string of the molecule is C[C@H]1SCCN(C(=O)Cn2ncn(C)c2=O)[C@H]1c1ccccc1. The predicted molar refractivity (Wildman–Crippen MR) is 90.3 cm³/mol. The molecule has 23 heavy (non-hydrogen) atoms. The molecule has 3 rings (SSSR count). The summed E-state index contributed by atoms with van der Waals surface area (Å²) in [5, 5.41) is 4.30. The Kier molecular flexibility index (Phi) is 4.56. The number of hydrogen-bond donors (Lipinski definition) is 0. The Hall–Kier alpha value is -2.02. The average Bonchev–Trinajstić information content (AvgIpc) is 2.87. The number of hydrogen-bond acceptors (Lipinski definition) is 4. The molecule has 7 heteroatoms. The van der Waals surface area contributed by atoms with Crippen molar-refractivity contribution in [1.82, 2.24) is 19.2 Å². The largest absolute Gasteiger partial charge is 0.345 e. The van der Waals surface area contributed by atoms with E-state index < -0.39 is 0 Å². The molecule has 1 fully saturated rings. The lowest BCUT2D eigenvalue weighted by molar-refractivity contribution is -0.134. The number of aromatic nitrogens is 3. The highest BCUT2D eigenvalue weighted by Gasteiger charge is 2.33. The van der Waals surface area contributed by atoms with Crippen LogP contribution in [-0.2, 0) is 18.4 Å². The fourth-order valence-electron chi connectivity index (χ4n) is 2.95. The quantitative estimate of drug-likeness (QED) is 0.850. The van der Waals surface area contributed by atoms with E-state index in [1.807, 2.05) is 34.9 Å². The van der Waals surface area contributed by atoms with E-state index >= 15 is 0 Å². The third kappa shape index (κ3) is 3.19. The number of thioether (sulfide) groups is 1. The molecule has 0 N–H and O–H groups in total. The van der Waals surface area contributed by atoms with Crippen LogP contribution < -0.4 is 5.69 Å². The standard InChI is InChI=1S/C16H20N4O2S/c1-12-15(13-6-4-3-5-7-13)19(8-9-23-12)14(21)10-20-16(22)18(2)11-17-20/h3-7,11-12,15H,8-10H2,1-2H3/t12-,15-/m1/s1. The van der Waals surface area contributed by atoms with Crippen LogP contribution in [-0.4, -0.2) is 42.7 Å². The Morgan fingerprint density at radius 3 is 2.74 bits per heavy atom. The van der Waals surface area contributed by atoms with Crippen molar-refractivity contribution in [2.45, 2.75) is 24.8 Å². The van der Waals surface area contributed by atoms with Gasteiger partial charge in [0.05, 0.1) is 6.04 Å². The third-order valence-electron chi connectivity index (χ3n) is 4.13. The molecule has 2 aromatic rings. The van der Waals surface area contributed by atoms with Crippen LogP contribution >= 0.6 is 11.8 Å². The first-order valence-electron chi connectivity index (χ1n) is 7.62. The van der Waals surface area contributed by atoms with Gasteiger partial charge in [-0.1, -0.05) is 37.3 Å². The van der Waals surface area contributed by atoms with Crippen molar-refractivity contribution in [3.05, 3.63) is 52.7 Å². The van der Waals surface area contributed by atoms with E-state index in [1.165, 1.54) is 15.6 Å². The van der Waals surface area contributed by atoms with E-state index in [0.717, 1.165) is 11.3 Å². The van der Waals surface area contributed by atoms with Crippen LogP contribution in [0.4, 0.5) is 0 Å². The van der Waals surface area contributed by atoms with Gasteiger partial charge in [-0.05, 0) is 5.56 Å². The van der Waals surface area contributed by atoms with Crippen molar-refractivity contribution >= 4 is 17.7 Å². The fourth-order valence-corrected chi connectivity index (χ4v) is 4.11. The lowest BCUT2D eigenvalue weighted by atomic mass is 10.0. The first-order chi connectivity index (χ1) is 11.1. The molecule has 1 aliphatic rings. The van der Waals surface area contributed by atoms with Crippen LogP contribution in [0.2, 0.25) is 0 Å².